The Morgan fingerprint density at radius 3 is 2.50 bits per heavy atom. The summed E-state index contributed by atoms with van der Waals surface area (Å²) in [5.41, 5.74) is -2.05. The van der Waals surface area contributed by atoms with Crippen LogP contribution in [0.15, 0.2) is 18.2 Å². The molecule has 1 amide bonds. The maximum Gasteiger partial charge on any atom is 0.417 e. The number of halogens is 4. The molecular weight excluding hydrogens is 282 g/mol. The van der Waals surface area contributed by atoms with E-state index in [1.807, 2.05) is 0 Å². The van der Waals surface area contributed by atoms with E-state index in [9.17, 15) is 27.2 Å². The minimum Gasteiger partial charge on any atom is -0.464 e. The van der Waals surface area contributed by atoms with Crippen molar-refractivity contribution >= 4 is 11.9 Å². The van der Waals surface area contributed by atoms with Gasteiger partial charge >= 0.3 is 12.1 Å². The van der Waals surface area contributed by atoms with Crippen LogP contribution in [-0.4, -0.2) is 25.0 Å². The van der Waals surface area contributed by atoms with Crippen LogP contribution in [0.4, 0.5) is 17.6 Å². The highest BCUT2D eigenvalue weighted by atomic mass is 19.4. The number of nitrogens with one attached hydrogen (secondary N) is 1. The molecule has 8 heteroatoms. The number of carbonyl (C=O) groups is 2. The van der Waals surface area contributed by atoms with Gasteiger partial charge in [0.15, 0.2) is 0 Å². The highest BCUT2D eigenvalue weighted by Gasteiger charge is 2.35. The van der Waals surface area contributed by atoms with Crippen molar-refractivity contribution in [3.05, 3.63) is 35.1 Å². The Morgan fingerprint density at radius 2 is 1.95 bits per heavy atom. The first-order valence-corrected chi connectivity index (χ1v) is 5.50. The largest absolute Gasteiger partial charge is 0.464 e. The molecule has 1 aromatic carbocycles. The lowest BCUT2D eigenvalue weighted by Gasteiger charge is -2.13. The fraction of sp³-hybridized carbons (Fsp3) is 0.333. The Bertz CT molecular complexity index is 514. The van der Waals surface area contributed by atoms with E-state index in [0.29, 0.717) is 0 Å². The van der Waals surface area contributed by atoms with Gasteiger partial charge in [0.25, 0.3) is 5.91 Å². The zero-order chi connectivity index (χ0) is 15.3. The number of ether oxygens (including phenoxy) is 1. The molecule has 0 spiro atoms. The zero-order valence-corrected chi connectivity index (χ0v) is 10.4. The third-order valence-corrected chi connectivity index (χ3v) is 2.22. The average molecular weight is 293 g/mol. The zero-order valence-electron chi connectivity index (χ0n) is 10.4. The Labute approximate surface area is 111 Å². The third kappa shape index (κ3) is 4.52. The summed E-state index contributed by atoms with van der Waals surface area (Å²) in [6.07, 6.45) is -4.84. The first-order chi connectivity index (χ1) is 9.21. The summed E-state index contributed by atoms with van der Waals surface area (Å²) in [6, 6.07) is 1.76. The Morgan fingerprint density at radius 1 is 1.30 bits per heavy atom. The Balaban J connectivity index is 2.80. The molecule has 0 unspecified atom stereocenters. The van der Waals surface area contributed by atoms with Crippen LogP contribution in [0.1, 0.15) is 22.8 Å². The third-order valence-electron chi connectivity index (χ3n) is 2.22. The summed E-state index contributed by atoms with van der Waals surface area (Å²) in [6.45, 7) is 0.847. The second kappa shape index (κ2) is 6.36. The van der Waals surface area contributed by atoms with Gasteiger partial charge < -0.3 is 10.1 Å². The van der Waals surface area contributed by atoms with Crippen molar-refractivity contribution in [1.82, 2.24) is 5.32 Å². The SMILES string of the molecule is CC(=O)OCCNC(=O)c1ccc(F)cc1C(F)(F)F. The highest BCUT2D eigenvalue weighted by molar-refractivity contribution is 5.95. The fourth-order valence-corrected chi connectivity index (χ4v) is 1.40. The van der Waals surface area contributed by atoms with Crippen molar-refractivity contribution in [1.29, 1.82) is 0 Å². The molecule has 0 fully saturated rings. The smallest absolute Gasteiger partial charge is 0.417 e. The van der Waals surface area contributed by atoms with Crippen LogP contribution in [0.3, 0.4) is 0 Å². The van der Waals surface area contributed by atoms with Gasteiger partial charge in [0.05, 0.1) is 17.7 Å². The van der Waals surface area contributed by atoms with Gasteiger partial charge in [-0.25, -0.2) is 4.39 Å². The number of benzene rings is 1. The van der Waals surface area contributed by atoms with Crippen LogP contribution >= 0.6 is 0 Å². The topological polar surface area (TPSA) is 55.4 Å². The Kier molecular flexibility index (Phi) is 5.06. The fourth-order valence-electron chi connectivity index (χ4n) is 1.40. The van der Waals surface area contributed by atoms with E-state index in [0.717, 1.165) is 19.1 Å². The molecule has 0 aliphatic rings. The molecule has 0 heterocycles. The van der Waals surface area contributed by atoms with Crippen molar-refractivity contribution in [2.45, 2.75) is 13.1 Å². The molecule has 0 saturated heterocycles. The van der Waals surface area contributed by atoms with Crippen LogP contribution in [0, 0.1) is 5.82 Å². The maximum atomic E-state index is 12.8. The molecule has 110 valence electrons. The van der Waals surface area contributed by atoms with Crippen LogP contribution in [-0.2, 0) is 15.7 Å². The number of amides is 1. The number of rotatable bonds is 4. The maximum absolute atomic E-state index is 12.8. The molecular formula is C12H11F4NO3. The van der Waals surface area contributed by atoms with Crippen LogP contribution in [0.25, 0.3) is 0 Å². The van der Waals surface area contributed by atoms with Crippen LogP contribution < -0.4 is 5.32 Å². The van der Waals surface area contributed by atoms with E-state index in [1.54, 1.807) is 0 Å². The molecule has 1 aromatic rings. The normalized spacial score (nSPS) is 11.1. The minimum atomic E-state index is -4.84. The summed E-state index contributed by atoms with van der Waals surface area (Å²) in [5, 5.41) is 2.15. The minimum absolute atomic E-state index is 0.146. The average Bonchev–Trinajstić information content (AvgIpc) is 2.33. The lowest BCUT2D eigenvalue weighted by atomic mass is 10.1. The van der Waals surface area contributed by atoms with Crippen molar-refractivity contribution in [2.75, 3.05) is 13.2 Å². The summed E-state index contributed by atoms with van der Waals surface area (Å²) < 4.78 is 55.4. The molecule has 1 N–H and O–H groups in total. The second-order valence-electron chi connectivity index (χ2n) is 3.78. The van der Waals surface area contributed by atoms with Gasteiger partial charge in [0, 0.05) is 6.92 Å². The molecule has 1 rings (SSSR count). The van der Waals surface area contributed by atoms with Crippen molar-refractivity contribution in [3.8, 4) is 0 Å². The lowest BCUT2D eigenvalue weighted by Crippen LogP contribution is -2.29. The van der Waals surface area contributed by atoms with Crippen LogP contribution in [0.5, 0.6) is 0 Å². The number of esters is 1. The van der Waals surface area contributed by atoms with E-state index < -0.39 is 35.0 Å². The molecule has 0 aromatic heterocycles. The Hall–Kier alpha value is -2.12. The van der Waals surface area contributed by atoms with Gasteiger partial charge in [-0.05, 0) is 18.2 Å². The molecule has 4 nitrogen and oxygen atoms in total. The molecule has 0 bridgehead atoms. The monoisotopic (exact) mass is 293 g/mol. The summed E-state index contributed by atoms with van der Waals surface area (Å²) >= 11 is 0. The first-order valence-electron chi connectivity index (χ1n) is 5.50. The van der Waals surface area contributed by atoms with Gasteiger partial charge in [0.2, 0.25) is 0 Å². The molecule has 0 aliphatic heterocycles. The van der Waals surface area contributed by atoms with Gasteiger partial charge in [-0.15, -0.1) is 0 Å². The molecule has 0 aliphatic carbocycles. The predicted molar refractivity (Wildman–Crippen MR) is 60.4 cm³/mol. The lowest BCUT2D eigenvalue weighted by molar-refractivity contribution is -0.140. The summed E-state index contributed by atoms with van der Waals surface area (Å²) in [7, 11) is 0. The standard InChI is InChI=1S/C12H11F4NO3/c1-7(18)20-5-4-17-11(19)9-3-2-8(13)6-10(9)12(14,15)16/h2-3,6H,4-5H2,1H3,(H,17,19). The molecule has 20 heavy (non-hydrogen) atoms. The van der Waals surface area contributed by atoms with Crippen molar-refractivity contribution < 1.29 is 31.9 Å². The predicted octanol–water partition coefficient (Wildman–Crippen LogP) is 2.14. The molecule has 0 saturated carbocycles. The van der Waals surface area contributed by atoms with Gasteiger partial charge in [-0.3, -0.25) is 9.59 Å². The number of carbonyl (C=O) groups excluding carboxylic acids is 2. The summed E-state index contributed by atoms with van der Waals surface area (Å²) in [4.78, 5) is 22.1. The van der Waals surface area contributed by atoms with Crippen molar-refractivity contribution in [3.63, 3.8) is 0 Å². The summed E-state index contributed by atoms with van der Waals surface area (Å²) in [5.74, 6) is -2.68. The second-order valence-corrected chi connectivity index (χ2v) is 3.78. The van der Waals surface area contributed by atoms with Crippen LogP contribution in [0.2, 0.25) is 0 Å². The number of alkyl halides is 3. The van der Waals surface area contributed by atoms with Crippen molar-refractivity contribution in [2.24, 2.45) is 0 Å². The first kappa shape index (κ1) is 15.9. The highest BCUT2D eigenvalue weighted by Crippen LogP contribution is 2.32. The van der Waals surface area contributed by atoms with E-state index in [2.05, 4.69) is 10.1 Å². The molecule has 0 atom stereocenters. The number of hydrogen-bond acceptors (Lipinski definition) is 3. The quantitative estimate of drug-likeness (QED) is 0.525. The van der Waals surface area contributed by atoms with E-state index in [1.165, 1.54) is 0 Å². The molecule has 0 radical (unpaired) electrons. The van der Waals surface area contributed by atoms with Gasteiger partial charge in [0.1, 0.15) is 12.4 Å². The van der Waals surface area contributed by atoms with E-state index in [-0.39, 0.29) is 19.2 Å². The van der Waals surface area contributed by atoms with Gasteiger partial charge in [-0.2, -0.15) is 13.2 Å². The number of hydrogen-bond donors (Lipinski definition) is 1. The van der Waals surface area contributed by atoms with E-state index >= 15 is 0 Å². The van der Waals surface area contributed by atoms with Gasteiger partial charge in [-0.1, -0.05) is 0 Å². The van der Waals surface area contributed by atoms with E-state index in [4.69, 9.17) is 0 Å².